The molecular weight excluding hydrogens is 362 g/mol. The number of aromatic nitrogens is 1. The number of rotatable bonds is 3. The lowest BCUT2D eigenvalue weighted by Gasteiger charge is -2.30. The molecule has 0 radical (unpaired) electrons. The van der Waals surface area contributed by atoms with E-state index in [1.54, 1.807) is 6.07 Å². The quantitative estimate of drug-likeness (QED) is 0.758. The molecule has 6 nitrogen and oxygen atoms in total. The van der Waals surface area contributed by atoms with Crippen LogP contribution in [0.15, 0.2) is 23.2 Å². The van der Waals surface area contributed by atoms with Crippen LogP contribution in [0.5, 0.6) is 11.5 Å². The normalized spacial score (nSPS) is 19.0. The molecule has 7 heteroatoms. The average Bonchev–Trinajstić information content (AvgIpc) is 2.69. The van der Waals surface area contributed by atoms with Gasteiger partial charge in [-0.05, 0) is 30.9 Å². The Hall–Kier alpha value is -2.46. The molecule has 2 aromatic rings. The number of pyridine rings is 1. The van der Waals surface area contributed by atoms with Crippen molar-refractivity contribution < 1.29 is 14.3 Å². The van der Waals surface area contributed by atoms with Gasteiger partial charge in [0.05, 0.1) is 16.8 Å². The summed E-state index contributed by atoms with van der Waals surface area (Å²) in [7, 11) is 0. The van der Waals surface area contributed by atoms with Crippen LogP contribution >= 0.6 is 11.8 Å². The molecule has 0 saturated carbocycles. The van der Waals surface area contributed by atoms with E-state index < -0.39 is 0 Å². The smallest absolute Gasteiger partial charge is 0.232 e. The Morgan fingerprint density at radius 3 is 2.85 bits per heavy atom. The Kier molecular flexibility index (Phi) is 5.08. The van der Waals surface area contributed by atoms with E-state index in [9.17, 15) is 10.1 Å². The van der Waals surface area contributed by atoms with Crippen molar-refractivity contribution in [2.75, 3.05) is 32.1 Å². The standard InChI is InChI=1S/C20H21N3O3S/c1-13-3-2-4-23(11-13)19(24)12-27-20-15(10-21)7-14-8-17-18(9-16(14)22-20)26-6-5-25-17/h7-9,13H,2-6,11-12H2,1H3. The molecule has 1 aromatic heterocycles. The van der Waals surface area contributed by atoms with Crippen molar-refractivity contribution in [1.29, 1.82) is 5.26 Å². The number of hydrogen-bond acceptors (Lipinski definition) is 6. The van der Waals surface area contributed by atoms with Crippen LogP contribution in [0.2, 0.25) is 0 Å². The van der Waals surface area contributed by atoms with Crippen LogP contribution in [0.3, 0.4) is 0 Å². The minimum absolute atomic E-state index is 0.111. The second kappa shape index (κ2) is 7.65. The lowest BCUT2D eigenvalue weighted by molar-refractivity contribution is -0.130. The molecule has 3 heterocycles. The summed E-state index contributed by atoms with van der Waals surface area (Å²) in [6.45, 7) is 4.85. The molecule has 1 aromatic carbocycles. The molecule has 0 spiro atoms. The summed E-state index contributed by atoms with van der Waals surface area (Å²) in [5.41, 5.74) is 1.21. The molecule has 140 valence electrons. The van der Waals surface area contributed by atoms with Crippen molar-refractivity contribution >= 4 is 28.6 Å². The van der Waals surface area contributed by atoms with E-state index in [4.69, 9.17) is 9.47 Å². The second-order valence-corrected chi connectivity index (χ2v) is 7.98. The van der Waals surface area contributed by atoms with Gasteiger partial charge in [0.15, 0.2) is 11.5 Å². The van der Waals surface area contributed by atoms with Gasteiger partial charge in [-0.15, -0.1) is 0 Å². The van der Waals surface area contributed by atoms with Gasteiger partial charge in [-0.1, -0.05) is 18.7 Å². The number of likely N-dealkylation sites (tertiary alicyclic amines) is 1. The summed E-state index contributed by atoms with van der Waals surface area (Å²) < 4.78 is 11.2. The fraction of sp³-hybridized carbons (Fsp3) is 0.450. The molecule has 0 aliphatic carbocycles. The number of piperidine rings is 1. The molecule has 2 aliphatic rings. The summed E-state index contributed by atoms with van der Waals surface area (Å²) in [6, 6.07) is 7.69. The third-order valence-corrected chi connectivity index (χ3v) is 5.88. The van der Waals surface area contributed by atoms with E-state index in [0.29, 0.717) is 47.0 Å². The Bertz CT molecular complexity index is 925. The number of hydrogen-bond donors (Lipinski definition) is 0. The van der Waals surface area contributed by atoms with Gasteiger partial charge in [0.2, 0.25) is 5.91 Å². The highest BCUT2D eigenvalue weighted by atomic mass is 32.2. The summed E-state index contributed by atoms with van der Waals surface area (Å²) in [5, 5.41) is 10.9. The zero-order valence-corrected chi connectivity index (χ0v) is 16.1. The highest BCUT2D eigenvalue weighted by molar-refractivity contribution is 8.00. The van der Waals surface area contributed by atoms with Crippen LogP contribution in [0.25, 0.3) is 10.9 Å². The van der Waals surface area contributed by atoms with Crippen LogP contribution in [-0.4, -0.2) is 47.8 Å². The first kappa shape index (κ1) is 17.9. The van der Waals surface area contributed by atoms with Crippen LogP contribution in [0, 0.1) is 17.2 Å². The van der Waals surface area contributed by atoms with Gasteiger partial charge in [0, 0.05) is 24.5 Å². The summed E-state index contributed by atoms with van der Waals surface area (Å²) in [5.74, 6) is 2.30. The SMILES string of the molecule is CC1CCCN(C(=O)CSc2nc3cc4c(cc3cc2C#N)OCCO4)C1. The van der Waals surface area contributed by atoms with E-state index in [2.05, 4.69) is 18.0 Å². The maximum atomic E-state index is 12.5. The van der Waals surface area contributed by atoms with E-state index in [1.165, 1.54) is 18.2 Å². The van der Waals surface area contributed by atoms with Gasteiger partial charge in [-0.25, -0.2) is 4.98 Å². The molecular formula is C20H21N3O3S. The lowest BCUT2D eigenvalue weighted by atomic mass is 10.0. The maximum absolute atomic E-state index is 12.5. The van der Waals surface area contributed by atoms with Gasteiger partial charge in [0.25, 0.3) is 0 Å². The lowest BCUT2D eigenvalue weighted by Crippen LogP contribution is -2.40. The first-order valence-corrected chi connectivity index (χ1v) is 10.2. The second-order valence-electron chi connectivity index (χ2n) is 7.02. The van der Waals surface area contributed by atoms with Crippen LogP contribution in [0.4, 0.5) is 0 Å². The number of nitrogens with zero attached hydrogens (tertiary/aromatic N) is 3. The molecule has 27 heavy (non-hydrogen) atoms. The third-order valence-electron chi connectivity index (χ3n) is 4.91. The van der Waals surface area contributed by atoms with E-state index in [1.807, 2.05) is 17.0 Å². The molecule has 4 rings (SSSR count). The number of nitriles is 1. The zero-order chi connectivity index (χ0) is 18.8. The fourth-order valence-corrected chi connectivity index (χ4v) is 4.39. The van der Waals surface area contributed by atoms with E-state index in [0.717, 1.165) is 30.4 Å². The van der Waals surface area contributed by atoms with E-state index >= 15 is 0 Å². The van der Waals surface area contributed by atoms with Crippen LogP contribution in [-0.2, 0) is 4.79 Å². The molecule has 0 N–H and O–H groups in total. The highest BCUT2D eigenvalue weighted by Gasteiger charge is 2.22. The highest BCUT2D eigenvalue weighted by Crippen LogP contribution is 2.35. The van der Waals surface area contributed by atoms with Gasteiger partial charge in [0.1, 0.15) is 24.3 Å². The molecule has 0 bridgehead atoms. The Morgan fingerprint density at radius 1 is 1.33 bits per heavy atom. The number of fused-ring (bicyclic) bond motifs is 2. The van der Waals surface area contributed by atoms with Crippen LogP contribution in [0.1, 0.15) is 25.3 Å². The van der Waals surface area contributed by atoms with Crippen molar-refractivity contribution in [2.45, 2.75) is 24.8 Å². The summed E-state index contributed by atoms with van der Waals surface area (Å²) in [4.78, 5) is 19.1. The topological polar surface area (TPSA) is 75.5 Å². The molecule has 2 aliphatic heterocycles. The zero-order valence-electron chi connectivity index (χ0n) is 15.2. The van der Waals surface area contributed by atoms with Crippen molar-refractivity contribution in [2.24, 2.45) is 5.92 Å². The average molecular weight is 383 g/mol. The number of carbonyl (C=O) groups excluding carboxylic acids is 1. The van der Waals surface area contributed by atoms with E-state index in [-0.39, 0.29) is 5.91 Å². The molecule has 1 atom stereocenters. The number of ether oxygens (including phenoxy) is 2. The summed E-state index contributed by atoms with van der Waals surface area (Å²) in [6.07, 6.45) is 2.24. The minimum Gasteiger partial charge on any atom is -0.486 e. The predicted octanol–water partition coefficient (Wildman–Crippen LogP) is 3.23. The minimum atomic E-state index is 0.111. The maximum Gasteiger partial charge on any atom is 0.232 e. The van der Waals surface area contributed by atoms with Crippen molar-refractivity contribution in [3.8, 4) is 17.6 Å². The Labute approximate surface area is 162 Å². The first-order chi connectivity index (χ1) is 13.1. The van der Waals surface area contributed by atoms with Crippen molar-refractivity contribution in [1.82, 2.24) is 9.88 Å². The monoisotopic (exact) mass is 383 g/mol. The fourth-order valence-electron chi connectivity index (χ4n) is 3.52. The predicted molar refractivity (Wildman–Crippen MR) is 103 cm³/mol. The molecule has 1 saturated heterocycles. The van der Waals surface area contributed by atoms with Gasteiger partial charge >= 0.3 is 0 Å². The van der Waals surface area contributed by atoms with Crippen LogP contribution < -0.4 is 9.47 Å². The Morgan fingerprint density at radius 2 is 2.11 bits per heavy atom. The largest absolute Gasteiger partial charge is 0.486 e. The van der Waals surface area contributed by atoms with Gasteiger partial charge < -0.3 is 14.4 Å². The molecule has 1 unspecified atom stereocenters. The molecule has 1 fully saturated rings. The number of thioether (sulfide) groups is 1. The first-order valence-electron chi connectivity index (χ1n) is 9.19. The Balaban J connectivity index is 1.55. The summed E-state index contributed by atoms with van der Waals surface area (Å²) >= 11 is 1.33. The number of benzene rings is 1. The van der Waals surface area contributed by atoms with Gasteiger partial charge in [-0.2, -0.15) is 5.26 Å². The van der Waals surface area contributed by atoms with Gasteiger partial charge in [-0.3, -0.25) is 4.79 Å². The number of amides is 1. The van der Waals surface area contributed by atoms with Crippen molar-refractivity contribution in [3.05, 3.63) is 23.8 Å². The number of carbonyl (C=O) groups is 1. The molecule has 1 amide bonds. The van der Waals surface area contributed by atoms with Crippen molar-refractivity contribution in [3.63, 3.8) is 0 Å². The third kappa shape index (κ3) is 3.81.